The summed E-state index contributed by atoms with van der Waals surface area (Å²) in [5, 5.41) is 3.43. The van der Waals surface area contributed by atoms with Crippen molar-refractivity contribution in [2.75, 3.05) is 32.9 Å². The Morgan fingerprint density at radius 1 is 1.29 bits per heavy atom. The van der Waals surface area contributed by atoms with Crippen LogP contribution in [0.5, 0.6) is 0 Å². The van der Waals surface area contributed by atoms with E-state index in [0.717, 1.165) is 25.2 Å². The number of benzene rings is 1. The van der Waals surface area contributed by atoms with Gasteiger partial charge in [0, 0.05) is 31.9 Å². The van der Waals surface area contributed by atoms with Crippen molar-refractivity contribution >= 4 is 9.84 Å². The molecule has 0 bridgehead atoms. The SMILES string of the molecule is CN1CCNC(c2ccc(S(C)(=O)=O)cc2)C1. The highest BCUT2D eigenvalue weighted by Gasteiger charge is 2.18. The van der Waals surface area contributed by atoms with E-state index in [1.54, 1.807) is 12.1 Å². The van der Waals surface area contributed by atoms with Gasteiger partial charge >= 0.3 is 0 Å². The molecule has 2 rings (SSSR count). The summed E-state index contributed by atoms with van der Waals surface area (Å²) in [5.74, 6) is 0. The Morgan fingerprint density at radius 3 is 2.47 bits per heavy atom. The van der Waals surface area contributed by atoms with Crippen LogP contribution in [0.4, 0.5) is 0 Å². The summed E-state index contributed by atoms with van der Waals surface area (Å²) in [5.41, 5.74) is 1.14. The lowest BCUT2D eigenvalue weighted by molar-refractivity contribution is 0.241. The normalized spacial score (nSPS) is 22.6. The van der Waals surface area contributed by atoms with Gasteiger partial charge in [0.25, 0.3) is 0 Å². The van der Waals surface area contributed by atoms with Crippen molar-refractivity contribution in [3.05, 3.63) is 29.8 Å². The molecule has 0 saturated carbocycles. The fourth-order valence-corrected chi connectivity index (χ4v) is 2.70. The summed E-state index contributed by atoms with van der Waals surface area (Å²) in [6.07, 6.45) is 1.23. The molecule has 1 atom stereocenters. The van der Waals surface area contributed by atoms with E-state index < -0.39 is 9.84 Å². The van der Waals surface area contributed by atoms with Crippen LogP contribution in [0, 0.1) is 0 Å². The largest absolute Gasteiger partial charge is 0.308 e. The van der Waals surface area contributed by atoms with E-state index in [1.807, 2.05) is 12.1 Å². The smallest absolute Gasteiger partial charge is 0.175 e. The van der Waals surface area contributed by atoms with Gasteiger partial charge in [-0.2, -0.15) is 0 Å². The van der Waals surface area contributed by atoms with Crippen LogP contribution >= 0.6 is 0 Å². The zero-order chi connectivity index (χ0) is 12.5. The van der Waals surface area contributed by atoms with Gasteiger partial charge in [0.15, 0.2) is 9.84 Å². The summed E-state index contributed by atoms with van der Waals surface area (Å²) < 4.78 is 22.7. The van der Waals surface area contributed by atoms with E-state index in [9.17, 15) is 8.42 Å². The van der Waals surface area contributed by atoms with Gasteiger partial charge < -0.3 is 10.2 Å². The predicted molar refractivity (Wildman–Crippen MR) is 67.8 cm³/mol. The fourth-order valence-electron chi connectivity index (χ4n) is 2.07. The first-order valence-corrected chi connectivity index (χ1v) is 7.58. The van der Waals surface area contributed by atoms with Crippen molar-refractivity contribution in [2.45, 2.75) is 10.9 Å². The molecule has 4 nitrogen and oxygen atoms in total. The molecule has 1 heterocycles. The number of rotatable bonds is 2. The summed E-state index contributed by atoms with van der Waals surface area (Å²) in [6, 6.07) is 7.45. The van der Waals surface area contributed by atoms with E-state index >= 15 is 0 Å². The Kier molecular flexibility index (Phi) is 3.51. The Hall–Kier alpha value is -0.910. The Labute approximate surface area is 103 Å². The van der Waals surface area contributed by atoms with Crippen LogP contribution in [0.25, 0.3) is 0 Å². The lowest BCUT2D eigenvalue weighted by Gasteiger charge is -2.31. The zero-order valence-corrected chi connectivity index (χ0v) is 11.0. The van der Waals surface area contributed by atoms with Crippen LogP contribution in [0.15, 0.2) is 29.2 Å². The van der Waals surface area contributed by atoms with Gasteiger partial charge in [-0.1, -0.05) is 12.1 Å². The predicted octanol–water partition coefficient (Wildman–Crippen LogP) is 0.666. The third-order valence-corrected chi connectivity index (χ3v) is 4.22. The maximum absolute atomic E-state index is 11.3. The standard InChI is InChI=1S/C12H18N2O2S/c1-14-8-7-13-12(9-14)10-3-5-11(6-4-10)17(2,15)16/h3-6,12-13H,7-9H2,1-2H3. The van der Waals surface area contributed by atoms with E-state index in [2.05, 4.69) is 17.3 Å². The van der Waals surface area contributed by atoms with E-state index in [1.165, 1.54) is 6.26 Å². The maximum atomic E-state index is 11.3. The molecule has 1 fully saturated rings. The van der Waals surface area contributed by atoms with Crippen molar-refractivity contribution in [3.8, 4) is 0 Å². The topological polar surface area (TPSA) is 49.4 Å². The average Bonchev–Trinajstić information content (AvgIpc) is 2.28. The molecule has 17 heavy (non-hydrogen) atoms. The Bertz CT molecular complexity index is 482. The van der Waals surface area contributed by atoms with E-state index in [0.29, 0.717) is 10.9 Å². The minimum Gasteiger partial charge on any atom is -0.308 e. The summed E-state index contributed by atoms with van der Waals surface area (Å²) in [7, 11) is -0.996. The summed E-state index contributed by atoms with van der Waals surface area (Å²) in [6.45, 7) is 2.98. The van der Waals surface area contributed by atoms with Crippen LogP contribution in [0.3, 0.4) is 0 Å². The van der Waals surface area contributed by atoms with Crippen molar-refractivity contribution in [3.63, 3.8) is 0 Å². The minimum atomic E-state index is -3.09. The molecule has 1 aromatic carbocycles. The second kappa shape index (κ2) is 4.76. The van der Waals surface area contributed by atoms with Crippen molar-refractivity contribution in [2.24, 2.45) is 0 Å². The lowest BCUT2D eigenvalue weighted by atomic mass is 10.1. The van der Waals surface area contributed by atoms with Crippen molar-refractivity contribution < 1.29 is 8.42 Å². The highest BCUT2D eigenvalue weighted by molar-refractivity contribution is 7.90. The molecule has 5 heteroatoms. The monoisotopic (exact) mass is 254 g/mol. The number of hydrogen-bond acceptors (Lipinski definition) is 4. The molecule has 0 spiro atoms. The molecule has 1 aliphatic rings. The quantitative estimate of drug-likeness (QED) is 0.842. The number of sulfone groups is 1. The van der Waals surface area contributed by atoms with Crippen molar-refractivity contribution in [1.29, 1.82) is 0 Å². The van der Waals surface area contributed by atoms with Gasteiger partial charge in [-0.15, -0.1) is 0 Å². The minimum absolute atomic E-state index is 0.294. The van der Waals surface area contributed by atoms with E-state index in [-0.39, 0.29) is 0 Å². The van der Waals surface area contributed by atoms with Gasteiger partial charge in [-0.25, -0.2) is 8.42 Å². The Morgan fingerprint density at radius 2 is 1.94 bits per heavy atom. The number of nitrogens with zero attached hydrogens (tertiary/aromatic N) is 1. The maximum Gasteiger partial charge on any atom is 0.175 e. The summed E-state index contributed by atoms with van der Waals surface area (Å²) >= 11 is 0. The van der Waals surface area contributed by atoms with Gasteiger partial charge in [0.05, 0.1) is 4.90 Å². The summed E-state index contributed by atoms with van der Waals surface area (Å²) in [4.78, 5) is 2.65. The first kappa shape index (κ1) is 12.5. The number of nitrogens with one attached hydrogen (secondary N) is 1. The van der Waals surface area contributed by atoms with Crippen molar-refractivity contribution in [1.82, 2.24) is 10.2 Å². The first-order valence-electron chi connectivity index (χ1n) is 5.69. The molecule has 0 amide bonds. The second-order valence-electron chi connectivity index (χ2n) is 4.61. The molecule has 1 unspecified atom stereocenters. The van der Waals surface area contributed by atoms with E-state index in [4.69, 9.17) is 0 Å². The molecule has 94 valence electrons. The second-order valence-corrected chi connectivity index (χ2v) is 6.63. The molecular formula is C12H18N2O2S. The average molecular weight is 254 g/mol. The number of likely N-dealkylation sites (N-methyl/N-ethyl adjacent to an activating group) is 1. The van der Waals surface area contributed by atoms with Gasteiger partial charge in [0.1, 0.15) is 0 Å². The molecule has 1 aromatic rings. The van der Waals surface area contributed by atoms with Crippen LogP contribution in [0.2, 0.25) is 0 Å². The molecule has 1 saturated heterocycles. The van der Waals surface area contributed by atoms with Crippen LogP contribution < -0.4 is 5.32 Å². The molecule has 1 N–H and O–H groups in total. The highest BCUT2D eigenvalue weighted by Crippen LogP contribution is 2.18. The molecule has 0 aliphatic carbocycles. The van der Waals surface area contributed by atoms with Crippen LogP contribution in [-0.2, 0) is 9.84 Å². The molecule has 0 aromatic heterocycles. The molecule has 0 radical (unpaired) electrons. The number of piperazine rings is 1. The van der Waals surface area contributed by atoms with Crippen LogP contribution in [0.1, 0.15) is 11.6 Å². The van der Waals surface area contributed by atoms with Gasteiger partial charge in [0.2, 0.25) is 0 Å². The Balaban J connectivity index is 2.18. The highest BCUT2D eigenvalue weighted by atomic mass is 32.2. The third-order valence-electron chi connectivity index (χ3n) is 3.09. The first-order chi connectivity index (χ1) is 7.97. The van der Waals surface area contributed by atoms with Crippen LogP contribution in [-0.4, -0.2) is 46.3 Å². The van der Waals surface area contributed by atoms with Gasteiger partial charge in [-0.3, -0.25) is 0 Å². The molecule has 1 aliphatic heterocycles. The zero-order valence-electron chi connectivity index (χ0n) is 10.2. The number of hydrogen-bond donors (Lipinski definition) is 1. The molecular weight excluding hydrogens is 236 g/mol. The fraction of sp³-hybridized carbons (Fsp3) is 0.500. The van der Waals surface area contributed by atoms with Gasteiger partial charge in [-0.05, 0) is 24.7 Å². The third kappa shape index (κ3) is 3.06. The lowest BCUT2D eigenvalue weighted by Crippen LogP contribution is -2.43.